The molecule has 0 fully saturated rings. The summed E-state index contributed by atoms with van der Waals surface area (Å²) in [5, 5.41) is 1.38. The number of rotatable bonds is 2. The minimum Gasteiger partial charge on any atom is -0.219 e. The lowest BCUT2D eigenvalue weighted by Gasteiger charge is -2.00. The molecule has 2 rings (SSSR count). The molecule has 0 saturated heterocycles. The van der Waals surface area contributed by atoms with Crippen LogP contribution in [0.25, 0.3) is 5.57 Å². The van der Waals surface area contributed by atoms with E-state index >= 15 is 0 Å². The fourth-order valence-corrected chi connectivity index (χ4v) is 3.70. The molecular weight excluding hydrogens is 216 g/mol. The van der Waals surface area contributed by atoms with Gasteiger partial charge in [0, 0.05) is 11.2 Å². The summed E-state index contributed by atoms with van der Waals surface area (Å²) >= 11 is 1.63. The summed E-state index contributed by atoms with van der Waals surface area (Å²) in [6.07, 6.45) is 1.97. The van der Waals surface area contributed by atoms with Crippen molar-refractivity contribution >= 4 is 27.2 Å². The Kier molecular flexibility index (Phi) is 2.41. The van der Waals surface area contributed by atoms with E-state index in [0.29, 0.717) is 4.90 Å². The van der Waals surface area contributed by atoms with Gasteiger partial charge < -0.3 is 0 Å². The molecule has 0 aliphatic carbocycles. The van der Waals surface area contributed by atoms with Crippen molar-refractivity contribution in [1.29, 1.82) is 0 Å². The van der Waals surface area contributed by atoms with Gasteiger partial charge in [-0.3, -0.25) is 0 Å². The van der Waals surface area contributed by atoms with Crippen molar-refractivity contribution in [3.63, 3.8) is 0 Å². The molecule has 1 aliphatic heterocycles. The number of thioether (sulfide) groups is 1. The molecule has 1 aliphatic rings. The molecule has 0 amide bonds. The number of hydrogen-bond acceptors (Lipinski definition) is 3. The lowest BCUT2D eigenvalue weighted by atomic mass is 10.1. The molecule has 0 radical (unpaired) electrons. The van der Waals surface area contributed by atoms with Gasteiger partial charge in [-0.2, -0.15) is 11.8 Å². The van der Waals surface area contributed by atoms with Crippen LogP contribution in [-0.4, -0.2) is 20.4 Å². The number of sulfone groups is 1. The number of benzene rings is 1. The third-order valence-corrected chi connectivity index (χ3v) is 4.30. The molecule has 1 aromatic carbocycles. The van der Waals surface area contributed by atoms with Crippen LogP contribution in [0.4, 0.5) is 0 Å². The van der Waals surface area contributed by atoms with Gasteiger partial charge in [0.2, 0.25) is 9.84 Å². The summed E-state index contributed by atoms with van der Waals surface area (Å²) in [6.45, 7) is 0. The molecule has 0 N–H and O–H groups in total. The van der Waals surface area contributed by atoms with Gasteiger partial charge in [0.1, 0.15) is 0 Å². The highest BCUT2D eigenvalue weighted by atomic mass is 32.2. The standard InChI is InChI=1S/C10H10O2S2/c1-13-6-8-7-14(11,12)10-5-3-2-4-9(8)10/h2-5,7H,6H2,1H3. The third-order valence-electron chi connectivity index (χ3n) is 2.14. The first-order chi connectivity index (χ1) is 6.65. The first-order valence-electron chi connectivity index (χ1n) is 4.19. The maximum atomic E-state index is 11.7. The van der Waals surface area contributed by atoms with Crippen molar-refractivity contribution in [2.45, 2.75) is 4.90 Å². The van der Waals surface area contributed by atoms with Crippen LogP contribution >= 0.6 is 11.8 Å². The Morgan fingerprint density at radius 2 is 2.00 bits per heavy atom. The van der Waals surface area contributed by atoms with Gasteiger partial charge in [0.05, 0.1) is 4.90 Å². The largest absolute Gasteiger partial charge is 0.219 e. The third kappa shape index (κ3) is 1.48. The van der Waals surface area contributed by atoms with E-state index in [1.165, 1.54) is 5.41 Å². The summed E-state index contributed by atoms with van der Waals surface area (Å²) in [6, 6.07) is 7.15. The minimum atomic E-state index is -3.15. The fraction of sp³-hybridized carbons (Fsp3) is 0.200. The highest BCUT2D eigenvalue weighted by Crippen LogP contribution is 2.34. The second-order valence-corrected chi connectivity index (χ2v) is 5.75. The van der Waals surface area contributed by atoms with Crippen LogP contribution in [0.1, 0.15) is 5.56 Å². The molecular formula is C10H10O2S2. The average molecular weight is 226 g/mol. The van der Waals surface area contributed by atoms with Gasteiger partial charge in [-0.1, -0.05) is 18.2 Å². The molecule has 0 atom stereocenters. The van der Waals surface area contributed by atoms with Gasteiger partial charge in [0.25, 0.3) is 0 Å². The predicted molar refractivity (Wildman–Crippen MR) is 60.0 cm³/mol. The summed E-state index contributed by atoms with van der Waals surface area (Å²) in [5.41, 5.74) is 1.77. The van der Waals surface area contributed by atoms with Gasteiger partial charge in [-0.05, 0) is 23.5 Å². The van der Waals surface area contributed by atoms with Crippen LogP contribution < -0.4 is 0 Å². The highest BCUT2D eigenvalue weighted by molar-refractivity contribution is 7.99. The molecule has 0 aromatic heterocycles. The second kappa shape index (κ2) is 3.44. The van der Waals surface area contributed by atoms with Crippen LogP contribution in [0, 0.1) is 0 Å². The van der Waals surface area contributed by atoms with E-state index in [1.807, 2.05) is 18.4 Å². The van der Waals surface area contributed by atoms with E-state index in [1.54, 1.807) is 23.9 Å². The Balaban J connectivity index is 2.61. The Morgan fingerprint density at radius 1 is 1.29 bits per heavy atom. The summed E-state index contributed by atoms with van der Waals surface area (Å²) in [7, 11) is -3.15. The maximum Gasteiger partial charge on any atom is 0.200 e. The molecule has 0 spiro atoms. The van der Waals surface area contributed by atoms with E-state index in [2.05, 4.69) is 0 Å². The number of fused-ring (bicyclic) bond motifs is 1. The molecule has 1 aromatic rings. The first kappa shape index (κ1) is 9.80. The van der Waals surface area contributed by atoms with E-state index in [0.717, 1.165) is 16.9 Å². The minimum absolute atomic E-state index is 0.448. The summed E-state index contributed by atoms with van der Waals surface area (Å²) in [4.78, 5) is 0.448. The Bertz CT molecular complexity index is 487. The van der Waals surface area contributed by atoms with Gasteiger partial charge in [-0.15, -0.1) is 0 Å². The van der Waals surface area contributed by atoms with Crippen LogP contribution in [0.2, 0.25) is 0 Å². The Morgan fingerprint density at radius 3 is 2.71 bits per heavy atom. The van der Waals surface area contributed by atoms with Crippen molar-refractivity contribution in [3.8, 4) is 0 Å². The molecule has 4 heteroatoms. The SMILES string of the molecule is CSCC1=CS(=O)(=O)c2ccccc21. The van der Waals surface area contributed by atoms with Crippen molar-refractivity contribution in [2.24, 2.45) is 0 Å². The van der Waals surface area contributed by atoms with E-state index in [9.17, 15) is 8.42 Å². The number of hydrogen-bond donors (Lipinski definition) is 0. The fourth-order valence-electron chi connectivity index (χ4n) is 1.56. The van der Waals surface area contributed by atoms with Crippen molar-refractivity contribution in [2.75, 3.05) is 12.0 Å². The lowest BCUT2D eigenvalue weighted by molar-refractivity contribution is 0.605. The molecule has 1 heterocycles. The van der Waals surface area contributed by atoms with E-state index in [4.69, 9.17) is 0 Å². The van der Waals surface area contributed by atoms with Gasteiger partial charge in [-0.25, -0.2) is 8.42 Å². The van der Waals surface area contributed by atoms with Crippen LogP contribution in [0.15, 0.2) is 34.6 Å². The summed E-state index contributed by atoms with van der Waals surface area (Å²) < 4.78 is 23.3. The lowest BCUT2D eigenvalue weighted by Crippen LogP contribution is -1.92. The zero-order valence-corrected chi connectivity index (χ0v) is 9.36. The Hall–Kier alpha value is -0.740. The van der Waals surface area contributed by atoms with Crippen molar-refractivity contribution in [3.05, 3.63) is 35.2 Å². The van der Waals surface area contributed by atoms with Crippen molar-refractivity contribution < 1.29 is 8.42 Å². The normalized spacial score (nSPS) is 17.6. The van der Waals surface area contributed by atoms with Crippen LogP contribution in [-0.2, 0) is 9.84 Å². The van der Waals surface area contributed by atoms with Crippen LogP contribution in [0.3, 0.4) is 0 Å². The van der Waals surface area contributed by atoms with E-state index in [-0.39, 0.29) is 0 Å². The van der Waals surface area contributed by atoms with E-state index < -0.39 is 9.84 Å². The average Bonchev–Trinajstić information content (AvgIpc) is 2.41. The topological polar surface area (TPSA) is 34.1 Å². The highest BCUT2D eigenvalue weighted by Gasteiger charge is 2.25. The van der Waals surface area contributed by atoms with Crippen molar-refractivity contribution in [1.82, 2.24) is 0 Å². The molecule has 14 heavy (non-hydrogen) atoms. The Labute approximate surface area is 87.9 Å². The smallest absolute Gasteiger partial charge is 0.200 e. The quantitative estimate of drug-likeness (QED) is 0.775. The summed E-state index contributed by atoms with van der Waals surface area (Å²) in [5.74, 6) is 0.746. The second-order valence-electron chi connectivity index (χ2n) is 3.12. The predicted octanol–water partition coefficient (Wildman–Crippen LogP) is 2.18. The van der Waals surface area contributed by atoms with Gasteiger partial charge >= 0.3 is 0 Å². The van der Waals surface area contributed by atoms with Gasteiger partial charge in [0.15, 0.2) is 0 Å². The molecule has 2 nitrogen and oxygen atoms in total. The monoisotopic (exact) mass is 226 g/mol. The molecule has 74 valence electrons. The molecule has 0 saturated carbocycles. The molecule has 0 unspecified atom stereocenters. The maximum absolute atomic E-state index is 11.7. The molecule has 0 bridgehead atoms. The zero-order valence-electron chi connectivity index (χ0n) is 7.73. The zero-order chi connectivity index (χ0) is 10.2. The van der Waals surface area contributed by atoms with Crippen LogP contribution in [0.5, 0.6) is 0 Å². The first-order valence-corrected chi connectivity index (χ1v) is 7.13.